The third-order valence-corrected chi connectivity index (χ3v) is 4.35. The van der Waals surface area contributed by atoms with Gasteiger partial charge in [0, 0.05) is 13.2 Å². The molecular weight excluding hydrogens is 367 g/mol. The fraction of sp³-hybridized carbons (Fsp3) is 0.500. The van der Waals surface area contributed by atoms with Crippen LogP contribution in [0.2, 0.25) is 0 Å². The van der Waals surface area contributed by atoms with Crippen LogP contribution in [0.25, 0.3) is 11.3 Å². The Morgan fingerprint density at radius 1 is 1.23 bits per heavy atom. The van der Waals surface area contributed by atoms with E-state index in [1.54, 1.807) is 0 Å². The maximum absolute atomic E-state index is 12.8. The van der Waals surface area contributed by atoms with Gasteiger partial charge in [-0.15, -0.1) is 12.4 Å². The first-order chi connectivity index (χ1) is 12.0. The van der Waals surface area contributed by atoms with Crippen LogP contribution in [-0.4, -0.2) is 29.5 Å². The van der Waals surface area contributed by atoms with Crippen LogP contribution in [0.4, 0.5) is 13.2 Å². The second-order valence-corrected chi connectivity index (χ2v) is 6.30. The Kier molecular flexibility index (Phi) is 7.08. The minimum absolute atomic E-state index is 0. The highest BCUT2D eigenvalue weighted by Crippen LogP contribution is 2.31. The molecule has 0 radical (unpaired) electrons. The van der Waals surface area contributed by atoms with Crippen molar-refractivity contribution < 1.29 is 17.9 Å². The number of alkyl halides is 3. The highest BCUT2D eigenvalue weighted by molar-refractivity contribution is 5.85. The third-order valence-electron chi connectivity index (χ3n) is 4.35. The maximum Gasteiger partial charge on any atom is 0.416 e. The molecule has 1 saturated heterocycles. The predicted molar refractivity (Wildman–Crippen MR) is 96.3 cm³/mol. The summed E-state index contributed by atoms with van der Waals surface area (Å²) in [4.78, 5) is 0. The number of ether oxygens (including phenoxy) is 1. The highest BCUT2D eigenvalue weighted by Gasteiger charge is 2.30. The smallest absolute Gasteiger partial charge is 0.376 e. The summed E-state index contributed by atoms with van der Waals surface area (Å²) < 4.78 is 46.0. The molecule has 26 heavy (non-hydrogen) atoms. The molecule has 2 aromatic rings. The summed E-state index contributed by atoms with van der Waals surface area (Å²) in [6, 6.07) is 7.15. The zero-order chi connectivity index (χ0) is 17.9. The molecule has 0 aliphatic carbocycles. The SMILES string of the molecule is CNCc1cc(-c2ccc(C(F)(F)F)cc2)n(CC2CCCCO2)n1.Cl. The number of aromatic nitrogens is 2. The molecule has 0 bridgehead atoms. The molecule has 3 rings (SSSR count). The van der Waals surface area contributed by atoms with Crippen LogP contribution in [-0.2, 0) is 24.0 Å². The van der Waals surface area contributed by atoms with E-state index in [-0.39, 0.29) is 18.5 Å². The summed E-state index contributed by atoms with van der Waals surface area (Å²) in [6.45, 7) is 1.97. The largest absolute Gasteiger partial charge is 0.416 e. The molecule has 8 heteroatoms. The minimum atomic E-state index is -4.33. The van der Waals surface area contributed by atoms with Gasteiger partial charge in [0.15, 0.2) is 0 Å². The van der Waals surface area contributed by atoms with Crippen molar-refractivity contribution in [1.82, 2.24) is 15.1 Å². The molecule has 0 spiro atoms. The Morgan fingerprint density at radius 3 is 2.54 bits per heavy atom. The molecule has 1 atom stereocenters. The molecule has 1 aromatic carbocycles. The zero-order valence-corrected chi connectivity index (χ0v) is 15.4. The van der Waals surface area contributed by atoms with Gasteiger partial charge in [-0.05, 0) is 50.1 Å². The lowest BCUT2D eigenvalue weighted by Gasteiger charge is -2.23. The van der Waals surface area contributed by atoms with E-state index in [9.17, 15) is 13.2 Å². The molecule has 1 fully saturated rings. The number of nitrogens with one attached hydrogen (secondary N) is 1. The molecule has 2 heterocycles. The normalized spacial score (nSPS) is 17.8. The molecule has 1 unspecified atom stereocenters. The van der Waals surface area contributed by atoms with Crippen LogP contribution in [0.15, 0.2) is 30.3 Å². The van der Waals surface area contributed by atoms with E-state index in [0.29, 0.717) is 13.1 Å². The summed E-state index contributed by atoms with van der Waals surface area (Å²) in [6.07, 6.45) is -1.04. The van der Waals surface area contributed by atoms with Crippen molar-refractivity contribution in [3.8, 4) is 11.3 Å². The average Bonchev–Trinajstić information content (AvgIpc) is 2.98. The van der Waals surface area contributed by atoms with Crippen molar-refractivity contribution in [3.05, 3.63) is 41.6 Å². The van der Waals surface area contributed by atoms with Gasteiger partial charge in [-0.2, -0.15) is 18.3 Å². The summed E-state index contributed by atoms with van der Waals surface area (Å²) in [7, 11) is 1.83. The Morgan fingerprint density at radius 2 is 1.96 bits per heavy atom. The van der Waals surface area contributed by atoms with Crippen LogP contribution >= 0.6 is 12.4 Å². The number of hydrogen-bond donors (Lipinski definition) is 1. The average molecular weight is 390 g/mol. The van der Waals surface area contributed by atoms with E-state index in [4.69, 9.17) is 4.74 Å². The van der Waals surface area contributed by atoms with E-state index in [1.165, 1.54) is 12.1 Å². The van der Waals surface area contributed by atoms with Gasteiger partial charge < -0.3 is 10.1 Å². The van der Waals surface area contributed by atoms with Gasteiger partial charge in [0.2, 0.25) is 0 Å². The summed E-state index contributed by atoms with van der Waals surface area (Å²) in [5.74, 6) is 0. The van der Waals surface area contributed by atoms with Gasteiger partial charge in [0.25, 0.3) is 0 Å². The number of rotatable bonds is 5. The second kappa shape index (κ2) is 8.88. The van der Waals surface area contributed by atoms with E-state index < -0.39 is 11.7 Å². The maximum atomic E-state index is 12.8. The molecule has 1 aliphatic heterocycles. The first-order valence-corrected chi connectivity index (χ1v) is 8.48. The molecule has 4 nitrogen and oxygen atoms in total. The fourth-order valence-corrected chi connectivity index (χ4v) is 3.08. The summed E-state index contributed by atoms with van der Waals surface area (Å²) >= 11 is 0. The highest BCUT2D eigenvalue weighted by atomic mass is 35.5. The standard InChI is InChI=1S/C18H22F3N3O.ClH/c1-22-11-15-10-17(13-5-7-14(8-6-13)18(19,20)21)24(23-15)12-16-4-2-3-9-25-16;/h5-8,10,16,22H,2-4,9,11-12H2,1H3;1H. The Hall–Kier alpha value is -1.57. The zero-order valence-electron chi connectivity index (χ0n) is 14.6. The molecule has 144 valence electrons. The first kappa shape index (κ1) is 20.7. The van der Waals surface area contributed by atoms with Gasteiger partial charge in [-0.25, -0.2) is 0 Å². The van der Waals surface area contributed by atoms with Crippen LogP contribution in [0.5, 0.6) is 0 Å². The van der Waals surface area contributed by atoms with Crippen LogP contribution in [0, 0.1) is 0 Å². The van der Waals surface area contributed by atoms with E-state index in [2.05, 4.69) is 10.4 Å². The van der Waals surface area contributed by atoms with E-state index in [0.717, 1.165) is 55.0 Å². The molecule has 1 aliphatic rings. The van der Waals surface area contributed by atoms with Crippen LogP contribution in [0.1, 0.15) is 30.5 Å². The van der Waals surface area contributed by atoms with Gasteiger partial charge in [-0.3, -0.25) is 4.68 Å². The van der Waals surface area contributed by atoms with Gasteiger partial charge >= 0.3 is 6.18 Å². The van der Waals surface area contributed by atoms with Crippen molar-refractivity contribution >= 4 is 12.4 Å². The third kappa shape index (κ3) is 4.99. The van der Waals surface area contributed by atoms with Crippen molar-refractivity contribution in [2.45, 2.75) is 44.6 Å². The number of halogens is 4. The minimum Gasteiger partial charge on any atom is -0.376 e. The lowest BCUT2D eigenvalue weighted by atomic mass is 10.1. The molecule has 1 aromatic heterocycles. The quantitative estimate of drug-likeness (QED) is 0.829. The second-order valence-electron chi connectivity index (χ2n) is 6.30. The first-order valence-electron chi connectivity index (χ1n) is 8.48. The van der Waals surface area contributed by atoms with Gasteiger partial charge in [0.05, 0.1) is 29.6 Å². The monoisotopic (exact) mass is 389 g/mol. The van der Waals surface area contributed by atoms with Gasteiger partial charge in [0.1, 0.15) is 0 Å². The molecule has 1 N–H and O–H groups in total. The fourth-order valence-electron chi connectivity index (χ4n) is 3.08. The Labute approximate surface area is 157 Å². The van der Waals surface area contributed by atoms with Crippen LogP contribution in [0.3, 0.4) is 0 Å². The summed E-state index contributed by atoms with van der Waals surface area (Å²) in [5.41, 5.74) is 1.74. The van der Waals surface area contributed by atoms with Crippen molar-refractivity contribution in [2.24, 2.45) is 0 Å². The van der Waals surface area contributed by atoms with Crippen molar-refractivity contribution in [1.29, 1.82) is 0 Å². The predicted octanol–water partition coefficient (Wildman–Crippen LogP) is 4.28. The topological polar surface area (TPSA) is 39.1 Å². The van der Waals surface area contributed by atoms with E-state index in [1.807, 2.05) is 17.8 Å². The van der Waals surface area contributed by atoms with Crippen molar-refractivity contribution in [2.75, 3.05) is 13.7 Å². The number of hydrogen-bond acceptors (Lipinski definition) is 3. The van der Waals surface area contributed by atoms with Crippen molar-refractivity contribution in [3.63, 3.8) is 0 Å². The van der Waals surface area contributed by atoms with Crippen LogP contribution < -0.4 is 5.32 Å². The lowest BCUT2D eigenvalue weighted by molar-refractivity contribution is -0.137. The Bertz CT molecular complexity index is 695. The van der Waals surface area contributed by atoms with Gasteiger partial charge in [-0.1, -0.05) is 12.1 Å². The lowest BCUT2D eigenvalue weighted by Crippen LogP contribution is -2.25. The molecule has 0 amide bonds. The molecular formula is C18H23ClF3N3O. The summed E-state index contributed by atoms with van der Waals surface area (Å²) in [5, 5.41) is 7.65. The molecule has 0 saturated carbocycles. The number of benzene rings is 1. The van der Waals surface area contributed by atoms with E-state index >= 15 is 0 Å². The number of nitrogens with zero attached hydrogens (tertiary/aromatic N) is 2. The Balaban J connectivity index is 0.00000243.